The molecule has 3 heteroatoms. The standard InChI is InChI=1S/C18H11BrN2/c19-17-9-6-14(7-10-17)8-11-18(16(12-20)13-21)15-4-2-1-3-5-15/h1-11H/b11-8+. The van der Waals surface area contributed by atoms with Gasteiger partial charge in [0.2, 0.25) is 0 Å². The Bertz CT molecular complexity index is 742. The lowest BCUT2D eigenvalue weighted by Crippen LogP contribution is -1.86. The van der Waals surface area contributed by atoms with Crippen LogP contribution in [0.2, 0.25) is 0 Å². The number of allylic oxidation sites excluding steroid dienone is 3. The SMILES string of the molecule is N#CC(C#N)=C(/C=C/c1ccc(Br)cc1)c1ccccc1. The first-order valence-electron chi connectivity index (χ1n) is 6.28. The summed E-state index contributed by atoms with van der Waals surface area (Å²) in [6.07, 6.45) is 3.70. The molecule has 0 fully saturated rings. The Morgan fingerprint density at radius 1 is 0.905 bits per heavy atom. The average molecular weight is 335 g/mol. The summed E-state index contributed by atoms with van der Waals surface area (Å²) in [5.74, 6) is 0. The molecule has 2 rings (SSSR count). The van der Waals surface area contributed by atoms with Crippen LogP contribution < -0.4 is 0 Å². The van der Waals surface area contributed by atoms with Gasteiger partial charge in [-0.05, 0) is 23.3 Å². The first kappa shape index (κ1) is 14.8. The van der Waals surface area contributed by atoms with Crippen LogP contribution in [-0.2, 0) is 0 Å². The maximum atomic E-state index is 9.12. The van der Waals surface area contributed by atoms with E-state index in [0.29, 0.717) is 5.57 Å². The first-order valence-corrected chi connectivity index (χ1v) is 7.07. The molecule has 0 aromatic heterocycles. The van der Waals surface area contributed by atoms with Crippen LogP contribution in [0, 0.1) is 22.7 Å². The molecule has 0 heterocycles. The molecular formula is C18H11BrN2. The van der Waals surface area contributed by atoms with Crippen molar-refractivity contribution >= 4 is 27.6 Å². The number of rotatable bonds is 3. The normalized spacial score (nSPS) is 9.86. The Kier molecular flexibility index (Phi) is 5.10. The summed E-state index contributed by atoms with van der Waals surface area (Å²) < 4.78 is 1.01. The molecule has 0 spiro atoms. The summed E-state index contributed by atoms with van der Waals surface area (Å²) in [5.41, 5.74) is 2.59. The van der Waals surface area contributed by atoms with Crippen LogP contribution in [-0.4, -0.2) is 0 Å². The second kappa shape index (κ2) is 7.24. The Balaban J connectivity index is 2.44. The molecule has 0 bridgehead atoms. The molecule has 0 aliphatic carbocycles. The van der Waals surface area contributed by atoms with Crippen molar-refractivity contribution in [2.75, 3.05) is 0 Å². The summed E-state index contributed by atoms with van der Waals surface area (Å²) in [7, 11) is 0. The Morgan fingerprint density at radius 3 is 2.10 bits per heavy atom. The van der Waals surface area contributed by atoms with Crippen LogP contribution >= 0.6 is 15.9 Å². The Morgan fingerprint density at radius 2 is 1.52 bits per heavy atom. The molecule has 0 N–H and O–H groups in total. The van der Waals surface area contributed by atoms with Gasteiger partial charge < -0.3 is 0 Å². The molecule has 0 saturated heterocycles. The van der Waals surface area contributed by atoms with Gasteiger partial charge in [-0.25, -0.2) is 0 Å². The number of hydrogen-bond donors (Lipinski definition) is 0. The molecule has 0 saturated carbocycles. The van der Waals surface area contributed by atoms with E-state index in [1.165, 1.54) is 0 Å². The van der Waals surface area contributed by atoms with E-state index in [0.717, 1.165) is 15.6 Å². The quantitative estimate of drug-likeness (QED) is 0.588. The maximum absolute atomic E-state index is 9.12. The van der Waals surface area contributed by atoms with E-state index in [2.05, 4.69) is 15.9 Å². The van der Waals surface area contributed by atoms with Gasteiger partial charge in [0.05, 0.1) is 0 Å². The molecule has 0 radical (unpaired) electrons. The van der Waals surface area contributed by atoms with Crippen LogP contribution in [0.4, 0.5) is 0 Å². The summed E-state index contributed by atoms with van der Waals surface area (Å²) in [4.78, 5) is 0. The third-order valence-corrected chi connectivity index (χ3v) is 3.42. The first-order chi connectivity index (χ1) is 10.2. The molecule has 0 amide bonds. The van der Waals surface area contributed by atoms with E-state index < -0.39 is 0 Å². The van der Waals surface area contributed by atoms with Crippen LogP contribution in [0.15, 0.2) is 70.7 Å². The Labute approximate surface area is 132 Å². The smallest absolute Gasteiger partial charge is 0.137 e. The Hall–Kier alpha value is -2.62. The van der Waals surface area contributed by atoms with Crippen LogP contribution in [0.3, 0.4) is 0 Å². The number of nitriles is 2. The van der Waals surface area contributed by atoms with Crippen molar-refractivity contribution in [2.24, 2.45) is 0 Å². The molecular weight excluding hydrogens is 324 g/mol. The van der Waals surface area contributed by atoms with Gasteiger partial charge in [-0.15, -0.1) is 0 Å². The van der Waals surface area contributed by atoms with Gasteiger partial charge in [0, 0.05) is 10.0 Å². The summed E-state index contributed by atoms with van der Waals surface area (Å²) in [6, 6.07) is 21.2. The molecule has 100 valence electrons. The minimum Gasteiger partial charge on any atom is -0.192 e. The van der Waals surface area contributed by atoms with E-state index in [9.17, 15) is 0 Å². The second-order valence-corrected chi connectivity index (χ2v) is 5.18. The zero-order chi connectivity index (χ0) is 15.1. The number of nitrogens with zero attached hydrogens (tertiary/aromatic N) is 2. The summed E-state index contributed by atoms with van der Waals surface area (Å²) in [5, 5.41) is 18.2. The van der Waals surface area contributed by atoms with Gasteiger partial charge in [0.15, 0.2) is 0 Å². The summed E-state index contributed by atoms with van der Waals surface area (Å²) >= 11 is 3.39. The predicted molar refractivity (Wildman–Crippen MR) is 87.8 cm³/mol. The lowest BCUT2D eigenvalue weighted by Gasteiger charge is -2.02. The molecule has 21 heavy (non-hydrogen) atoms. The zero-order valence-corrected chi connectivity index (χ0v) is 12.7. The van der Waals surface area contributed by atoms with Crippen LogP contribution in [0.1, 0.15) is 11.1 Å². The van der Waals surface area contributed by atoms with Crippen molar-refractivity contribution in [3.63, 3.8) is 0 Å². The zero-order valence-electron chi connectivity index (χ0n) is 11.1. The minimum atomic E-state index is 0.106. The van der Waals surface area contributed by atoms with E-state index in [-0.39, 0.29) is 5.57 Å². The summed E-state index contributed by atoms with van der Waals surface area (Å²) in [6.45, 7) is 0. The highest BCUT2D eigenvalue weighted by Gasteiger charge is 2.05. The number of hydrogen-bond acceptors (Lipinski definition) is 2. The molecule has 2 aromatic rings. The van der Waals surface area contributed by atoms with E-state index >= 15 is 0 Å². The lowest BCUT2D eigenvalue weighted by molar-refractivity contribution is 1.46. The lowest BCUT2D eigenvalue weighted by atomic mass is 10.00. The van der Waals surface area contributed by atoms with E-state index in [1.807, 2.05) is 72.8 Å². The third-order valence-electron chi connectivity index (χ3n) is 2.89. The van der Waals surface area contributed by atoms with Crippen LogP contribution in [0.25, 0.3) is 11.6 Å². The highest BCUT2D eigenvalue weighted by molar-refractivity contribution is 9.10. The van der Waals surface area contributed by atoms with Crippen molar-refractivity contribution < 1.29 is 0 Å². The fourth-order valence-electron chi connectivity index (χ4n) is 1.84. The van der Waals surface area contributed by atoms with Crippen molar-refractivity contribution in [1.29, 1.82) is 10.5 Å². The molecule has 0 aliphatic heterocycles. The number of halogens is 1. The van der Waals surface area contributed by atoms with Gasteiger partial charge in [0.1, 0.15) is 17.7 Å². The monoisotopic (exact) mass is 334 g/mol. The largest absolute Gasteiger partial charge is 0.192 e. The number of benzene rings is 2. The second-order valence-electron chi connectivity index (χ2n) is 4.26. The van der Waals surface area contributed by atoms with E-state index in [4.69, 9.17) is 10.5 Å². The van der Waals surface area contributed by atoms with Gasteiger partial charge >= 0.3 is 0 Å². The van der Waals surface area contributed by atoms with Crippen molar-refractivity contribution in [1.82, 2.24) is 0 Å². The average Bonchev–Trinajstić information content (AvgIpc) is 2.54. The van der Waals surface area contributed by atoms with Crippen LogP contribution in [0.5, 0.6) is 0 Å². The van der Waals surface area contributed by atoms with Crippen molar-refractivity contribution in [3.05, 3.63) is 81.8 Å². The fraction of sp³-hybridized carbons (Fsp3) is 0. The minimum absolute atomic E-state index is 0.106. The van der Waals surface area contributed by atoms with Crippen molar-refractivity contribution in [2.45, 2.75) is 0 Å². The van der Waals surface area contributed by atoms with Crippen molar-refractivity contribution in [3.8, 4) is 12.1 Å². The van der Waals surface area contributed by atoms with E-state index in [1.54, 1.807) is 6.08 Å². The predicted octanol–water partition coefficient (Wildman–Crippen LogP) is 4.96. The topological polar surface area (TPSA) is 47.6 Å². The molecule has 2 nitrogen and oxygen atoms in total. The third kappa shape index (κ3) is 3.92. The van der Waals surface area contributed by atoms with Gasteiger partial charge in [-0.1, -0.05) is 70.5 Å². The maximum Gasteiger partial charge on any atom is 0.137 e. The molecule has 0 atom stereocenters. The highest BCUT2D eigenvalue weighted by atomic mass is 79.9. The highest BCUT2D eigenvalue weighted by Crippen LogP contribution is 2.21. The van der Waals surface area contributed by atoms with Gasteiger partial charge in [-0.2, -0.15) is 10.5 Å². The molecule has 0 aliphatic rings. The van der Waals surface area contributed by atoms with Gasteiger partial charge in [-0.3, -0.25) is 0 Å². The fourth-order valence-corrected chi connectivity index (χ4v) is 2.10. The molecule has 0 unspecified atom stereocenters. The van der Waals surface area contributed by atoms with Gasteiger partial charge in [0.25, 0.3) is 0 Å². The molecule has 2 aromatic carbocycles.